The molecule has 0 fully saturated rings. The van der Waals surface area contributed by atoms with E-state index in [0.717, 1.165) is 0 Å². The monoisotopic (exact) mass is 435 g/mol. The zero-order chi connectivity index (χ0) is 17.6. The first-order valence-electron chi connectivity index (χ1n) is 7.84. The van der Waals surface area contributed by atoms with Gasteiger partial charge in [0.2, 0.25) is 0 Å². The Balaban J connectivity index is 2.04. The van der Waals surface area contributed by atoms with E-state index in [-0.39, 0.29) is 11.4 Å². The number of carbonyl (C=O) groups excluding carboxylic acids is 3. The molecule has 3 rings (SSSR count). The van der Waals surface area contributed by atoms with Gasteiger partial charge in [-0.25, -0.2) is 0 Å². The molecule has 3 aromatic carbocycles. The van der Waals surface area contributed by atoms with Crippen molar-refractivity contribution in [2.24, 2.45) is 0 Å². The van der Waals surface area contributed by atoms with Gasteiger partial charge in [-0.3, -0.25) is 0 Å². The van der Waals surface area contributed by atoms with Gasteiger partial charge in [0.25, 0.3) is 0 Å². The molecule has 0 saturated heterocycles. The van der Waals surface area contributed by atoms with Gasteiger partial charge in [-0.05, 0) is 0 Å². The van der Waals surface area contributed by atoms with Crippen LogP contribution in [-0.4, -0.2) is 31.2 Å². The minimum absolute atomic E-state index is 0.286. The van der Waals surface area contributed by atoms with Crippen LogP contribution < -0.4 is 0 Å². The summed E-state index contributed by atoms with van der Waals surface area (Å²) >= 11 is -3.83. The zero-order valence-corrected chi connectivity index (χ0v) is 16.2. The van der Waals surface area contributed by atoms with Crippen molar-refractivity contribution in [1.82, 2.24) is 0 Å². The SMILES string of the molecule is O=[C](c1ccccc1)[Sn]([C](=O)c1ccccc1)[C](=O)c1ccccc1. The first kappa shape index (κ1) is 17.3. The van der Waals surface area contributed by atoms with Gasteiger partial charge in [0.05, 0.1) is 0 Å². The second-order valence-corrected chi connectivity index (χ2v) is 11.5. The Morgan fingerprint density at radius 1 is 0.440 bits per heavy atom. The number of carbonyl (C=O) groups is 3. The van der Waals surface area contributed by atoms with Crippen molar-refractivity contribution in [3.63, 3.8) is 0 Å². The molecule has 0 atom stereocenters. The summed E-state index contributed by atoms with van der Waals surface area (Å²) in [6, 6.07) is 25.9. The van der Waals surface area contributed by atoms with Gasteiger partial charge in [-0.15, -0.1) is 0 Å². The van der Waals surface area contributed by atoms with Gasteiger partial charge >= 0.3 is 153 Å². The summed E-state index contributed by atoms with van der Waals surface area (Å²) in [7, 11) is 0. The minimum atomic E-state index is -3.83. The van der Waals surface area contributed by atoms with Crippen molar-refractivity contribution < 1.29 is 14.4 Å². The fraction of sp³-hybridized carbons (Fsp3) is 0. The summed E-state index contributed by atoms with van der Waals surface area (Å²) < 4.78 is -0.859. The normalized spacial score (nSPS) is 10.4. The molecule has 0 aliphatic heterocycles. The van der Waals surface area contributed by atoms with E-state index in [2.05, 4.69) is 0 Å². The van der Waals surface area contributed by atoms with Crippen molar-refractivity contribution in [1.29, 1.82) is 0 Å². The van der Waals surface area contributed by atoms with Crippen LogP contribution in [0.25, 0.3) is 0 Å². The molecule has 121 valence electrons. The molecule has 0 aliphatic rings. The van der Waals surface area contributed by atoms with Crippen LogP contribution in [0.1, 0.15) is 31.1 Å². The molecule has 25 heavy (non-hydrogen) atoms. The van der Waals surface area contributed by atoms with Gasteiger partial charge in [0.15, 0.2) is 0 Å². The van der Waals surface area contributed by atoms with Crippen LogP contribution in [0.3, 0.4) is 0 Å². The third kappa shape index (κ3) is 3.94. The molecule has 0 aromatic heterocycles. The van der Waals surface area contributed by atoms with Crippen LogP contribution in [0, 0.1) is 0 Å². The summed E-state index contributed by atoms with van der Waals surface area (Å²) in [6.45, 7) is 0. The van der Waals surface area contributed by atoms with Crippen molar-refractivity contribution >= 4 is 31.2 Å². The van der Waals surface area contributed by atoms with Crippen LogP contribution in [0.15, 0.2) is 91.0 Å². The van der Waals surface area contributed by atoms with Gasteiger partial charge in [0.1, 0.15) is 0 Å². The quantitative estimate of drug-likeness (QED) is 0.556. The first-order chi connectivity index (χ1) is 12.2. The molecule has 0 heterocycles. The van der Waals surface area contributed by atoms with E-state index in [0.29, 0.717) is 16.7 Å². The van der Waals surface area contributed by atoms with Crippen molar-refractivity contribution in [2.45, 2.75) is 0 Å². The van der Waals surface area contributed by atoms with Crippen LogP contribution in [0.2, 0.25) is 0 Å². The van der Waals surface area contributed by atoms with E-state index in [1.165, 1.54) is 0 Å². The molecule has 3 nitrogen and oxygen atoms in total. The Labute approximate surface area is 153 Å². The maximum atomic E-state index is 13.0. The van der Waals surface area contributed by atoms with Gasteiger partial charge in [-0.1, -0.05) is 0 Å². The predicted octanol–water partition coefficient (Wildman–Crippen LogP) is 3.75. The fourth-order valence-electron chi connectivity index (χ4n) is 2.51. The van der Waals surface area contributed by atoms with E-state index >= 15 is 0 Å². The van der Waals surface area contributed by atoms with Crippen LogP contribution in [-0.2, 0) is 0 Å². The molecular formula is C21H15O3Sn. The number of hydrogen-bond acceptors (Lipinski definition) is 3. The number of benzene rings is 3. The van der Waals surface area contributed by atoms with Crippen LogP contribution >= 0.6 is 0 Å². The van der Waals surface area contributed by atoms with Crippen molar-refractivity contribution in [3.8, 4) is 0 Å². The Hall–Kier alpha value is -2.53. The van der Waals surface area contributed by atoms with Crippen molar-refractivity contribution in [2.75, 3.05) is 0 Å². The molecule has 0 amide bonds. The summed E-state index contributed by atoms with van der Waals surface area (Å²) in [5, 5.41) is 0. The van der Waals surface area contributed by atoms with E-state index < -0.39 is 19.8 Å². The van der Waals surface area contributed by atoms with E-state index in [1.807, 2.05) is 0 Å². The molecule has 4 heteroatoms. The fourth-order valence-corrected chi connectivity index (χ4v) is 8.18. The standard InChI is InChI=1S/3C7H5O.Sn/c3*8-6-7-4-2-1-3-5-7;/h3*1-5H;. The van der Waals surface area contributed by atoms with Crippen molar-refractivity contribution in [3.05, 3.63) is 108 Å². The van der Waals surface area contributed by atoms with Gasteiger partial charge in [0, 0.05) is 0 Å². The predicted molar refractivity (Wildman–Crippen MR) is 98.1 cm³/mol. The average molecular weight is 434 g/mol. The Kier molecular flexibility index (Phi) is 5.56. The molecule has 0 N–H and O–H groups in total. The van der Waals surface area contributed by atoms with E-state index in [4.69, 9.17) is 0 Å². The van der Waals surface area contributed by atoms with E-state index in [1.54, 1.807) is 91.0 Å². The summed E-state index contributed by atoms with van der Waals surface area (Å²) in [4.78, 5) is 39.1. The third-order valence-corrected chi connectivity index (χ3v) is 10.1. The molecular weight excluding hydrogens is 419 g/mol. The van der Waals surface area contributed by atoms with Gasteiger partial charge < -0.3 is 0 Å². The molecule has 0 spiro atoms. The van der Waals surface area contributed by atoms with E-state index in [9.17, 15) is 14.4 Å². The third-order valence-electron chi connectivity index (χ3n) is 3.79. The molecule has 0 saturated carbocycles. The number of rotatable bonds is 6. The Morgan fingerprint density at radius 3 is 0.920 bits per heavy atom. The zero-order valence-electron chi connectivity index (χ0n) is 13.4. The molecule has 0 bridgehead atoms. The summed E-state index contributed by atoms with van der Waals surface area (Å²) in [5.74, 6) is 0. The molecule has 3 aromatic rings. The molecule has 0 aliphatic carbocycles. The second kappa shape index (κ2) is 8.03. The average Bonchev–Trinajstić information content (AvgIpc) is 2.70. The summed E-state index contributed by atoms with van der Waals surface area (Å²) in [6.07, 6.45) is 0. The molecule has 1 radical (unpaired) electrons. The first-order valence-corrected chi connectivity index (χ1v) is 12.1. The Bertz CT molecular complexity index is 768. The second-order valence-electron chi connectivity index (χ2n) is 5.46. The Morgan fingerprint density at radius 2 is 0.680 bits per heavy atom. The topological polar surface area (TPSA) is 51.2 Å². The van der Waals surface area contributed by atoms with Gasteiger partial charge in [-0.2, -0.15) is 0 Å². The van der Waals surface area contributed by atoms with Crippen LogP contribution in [0.5, 0.6) is 0 Å². The molecule has 0 unspecified atom stereocenters. The number of hydrogen-bond donors (Lipinski definition) is 0. The maximum absolute atomic E-state index is 13.0. The van der Waals surface area contributed by atoms with Crippen LogP contribution in [0.4, 0.5) is 0 Å². The summed E-state index contributed by atoms with van der Waals surface area (Å²) in [5.41, 5.74) is 1.31.